The summed E-state index contributed by atoms with van der Waals surface area (Å²) in [5, 5.41) is 0. The molecule has 2 aliphatic rings. The predicted octanol–water partition coefficient (Wildman–Crippen LogP) is 5.34. The lowest BCUT2D eigenvalue weighted by molar-refractivity contribution is 0.0904. The number of rotatable bonds is 0. The van der Waals surface area contributed by atoms with Crippen LogP contribution in [0.3, 0.4) is 0 Å². The van der Waals surface area contributed by atoms with Crippen molar-refractivity contribution in [3.63, 3.8) is 0 Å². The molecular formula is C21H24O2. The maximum absolute atomic E-state index is 13.2. The van der Waals surface area contributed by atoms with Crippen LogP contribution in [0.4, 0.5) is 0 Å². The monoisotopic (exact) mass is 308 g/mol. The molecule has 0 unspecified atom stereocenters. The van der Waals surface area contributed by atoms with E-state index in [4.69, 9.17) is 4.42 Å². The predicted molar refractivity (Wildman–Crippen MR) is 92.2 cm³/mol. The third-order valence-electron chi connectivity index (χ3n) is 5.91. The Hall–Kier alpha value is -1.83. The van der Waals surface area contributed by atoms with Crippen LogP contribution in [0.2, 0.25) is 0 Å². The molecule has 0 saturated carbocycles. The number of fused-ring (bicyclic) bond motifs is 5. The molecule has 23 heavy (non-hydrogen) atoms. The Morgan fingerprint density at radius 3 is 2.61 bits per heavy atom. The van der Waals surface area contributed by atoms with E-state index in [1.54, 1.807) is 6.26 Å². The topological polar surface area (TPSA) is 30.2 Å². The van der Waals surface area contributed by atoms with Crippen LogP contribution in [-0.2, 0) is 17.3 Å². The summed E-state index contributed by atoms with van der Waals surface area (Å²) >= 11 is 0. The molecule has 0 aliphatic heterocycles. The first-order valence-electron chi connectivity index (χ1n) is 8.55. The molecule has 0 saturated heterocycles. The van der Waals surface area contributed by atoms with E-state index in [0.29, 0.717) is 0 Å². The fourth-order valence-corrected chi connectivity index (χ4v) is 4.64. The van der Waals surface area contributed by atoms with Gasteiger partial charge < -0.3 is 4.42 Å². The van der Waals surface area contributed by atoms with Crippen LogP contribution < -0.4 is 0 Å². The Morgan fingerprint density at radius 1 is 1.13 bits per heavy atom. The third kappa shape index (κ3) is 1.78. The third-order valence-corrected chi connectivity index (χ3v) is 5.91. The molecule has 0 spiro atoms. The number of hydrogen-bond acceptors (Lipinski definition) is 2. The molecule has 2 nitrogen and oxygen atoms in total. The van der Waals surface area contributed by atoms with E-state index >= 15 is 0 Å². The summed E-state index contributed by atoms with van der Waals surface area (Å²) in [6.07, 6.45) is 5.17. The SMILES string of the molecule is Cc1coc2c1C(=O)C(C)(C)c1c-2ccc2c1CCCC2(C)C. The second-order valence-electron chi connectivity index (χ2n) is 8.33. The average Bonchev–Trinajstić information content (AvgIpc) is 2.86. The van der Waals surface area contributed by atoms with Gasteiger partial charge in [-0.15, -0.1) is 0 Å². The van der Waals surface area contributed by atoms with Crippen LogP contribution in [0.15, 0.2) is 22.8 Å². The van der Waals surface area contributed by atoms with Crippen molar-refractivity contribution in [2.45, 2.75) is 64.7 Å². The van der Waals surface area contributed by atoms with Gasteiger partial charge in [0.25, 0.3) is 0 Å². The summed E-state index contributed by atoms with van der Waals surface area (Å²) < 4.78 is 5.80. The maximum Gasteiger partial charge on any atom is 0.177 e. The molecule has 0 amide bonds. The minimum Gasteiger partial charge on any atom is -0.463 e. The van der Waals surface area contributed by atoms with Crippen LogP contribution in [-0.4, -0.2) is 5.78 Å². The largest absolute Gasteiger partial charge is 0.463 e. The van der Waals surface area contributed by atoms with Crippen LogP contribution >= 0.6 is 0 Å². The zero-order valence-electron chi connectivity index (χ0n) is 14.7. The molecule has 120 valence electrons. The van der Waals surface area contributed by atoms with E-state index in [2.05, 4.69) is 39.8 Å². The van der Waals surface area contributed by atoms with Crippen LogP contribution in [0.25, 0.3) is 11.3 Å². The Morgan fingerprint density at radius 2 is 1.87 bits per heavy atom. The molecule has 0 radical (unpaired) electrons. The van der Waals surface area contributed by atoms with Crippen molar-refractivity contribution < 1.29 is 9.21 Å². The average molecular weight is 308 g/mol. The van der Waals surface area contributed by atoms with Gasteiger partial charge in [-0.25, -0.2) is 0 Å². The van der Waals surface area contributed by atoms with E-state index in [1.165, 1.54) is 29.5 Å². The number of ketones is 1. The molecule has 1 heterocycles. The van der Waals surface area contributed by atoms with Gasteiger partial charge in [-0.05, 0) is 67.7 Å². The summed E-state index contributed by atoms with van der Waals surface area (Å²) in [5.41, 5.74) is 6.53. The van der Waals surface area contributed by atoms with E-state index in [-0.39, 0.29) is 11.2 Å². The molecule has 0 bridgehead atoms. The van der Waals surface area contributed by atoms with Crippen molar-refractivity contribution >= 4 is 5.78 Å². The molecule has 2 aromatic rings. The molecule has 1 aromatic carbocycles. The van der Waals surface area contributed by atoms with Crippen LogP contribution in [0.5, 0.6) is 0 Å². The Kier molecular flexibility index (Phi) is 2.80. The standard InChI is InChI=1S/C21H24O2/c1-12-11-23-18-14-8-9-15-13(7-6-10-20(15,2)3)17(14)21(4,5)19(22)16(12)18/h8-9,11H,6-7,10H2,1-5H3. The minimum absolute atomic E-state index is 0.182. The van der Waals surface area contributed by atoms with Gasteiger partial charge in [0.15, 0.2) is 5.78 Å². The molecule has 0 fully saturated rings. The number of furan rings is 1. The smallest absolute Gasteiger partial charge is 0.177 e. The van der Waals surface area contributed by atoms with Gasteiger partial charge >= 0.3 is 0 Å². The van der Waals surface area contributed by atoms with Crippen molar-refractivity contribution in [2.75, 3.05) is 0 Å². The molecule has 1 aromatic heterocycles. The molecule has 4 rings (SSSR count). The van der Waals surface area contributed by atoms with Gasteiger partial charge in [-0.3, -0.25) is 4.79 Å². The normalized spacial score (nSPS) is 20.7. The second-order valence-corrected chi connectivity index (χ2v) is 8.33. The van der Waals surface area contributed by atoms with Crippen molar-refractivity contribution in [3.8, 4) is 11.3 Å². The first kappa shape index (κ1) is 14.7. The number of carbonyl (C=O) groups excluding carboxylic acids is 1. The van der Waals surface area contributed by atoms with Crippen LogP contribution in [0.1, 0.15) is 73.1 Å². The molecule has 2 aliphatic carbocycles. The highest BCUT2D eigenvalue weighted by Gasteiger charge is 2.44. The summed E-state index contributed by atoms with van der Waals surface area (Å²) in [7, 11) is 0. The zero-order valence-corrected chi connectivity index (χ0v) is 14.7. The summed E-state index contributed by atoms with van der Waals surface area (Å²) in [5.74, 6) is 0.969. The van der Waals surface area contributed by atoms with Crippen molar-refractivity contribution in [1.82, 2.24) is 0 Å². The molecule has 2 heteroatoms. The van der Waals surface area contributed by atoms with E-state index in [1.807, 2.05) is 6.92 Å². The summed E-state index contributed by atoms with van der Waals surface area (Å²) in [4.78, 5) is 13.2. The minimum atomic E-state index is -0.490. The lowest BCUT2D eigenvalue weighted by atomic mass is 9.63. The van der Waals surface area contributed by atoms with Gasteiger partial charge in [0.05, 0.1) is 17.2 Å². The van der Waals surface area contributed by atoms with Gasteiger partial charge in [0.2, 0.25) is 0 Å². The van der Waals surface area contributed by atoms with E-state index < -0.39 is 5.41 Å². The number of carbonyl (C=O) groups is 1. The lowest BCUT2D eigenvalue weighted by Gasteiger charge is -2.39. The van der Waals surface area contributed by atoms with Crippen molar-refractivity contribution in [2.24, 2.45) is 0 Å². The first-order chi connectivity index (χ1) is 10.7. The Balaban J connectivity index is 2.10. The van der Waals surface area contributed by atoms with Gasteiger partial charge in [-0.2, -0.15) is 0 Å². The molecule has 0 atom stereocenters. The van der Waals surface area contributed by atoms with E-state index in [0.717, 1.165) is 28.9 Å². The number of hydrogen-bond donors (Lipinski definition) is 0. The second kappa shape index (κ2) is 4.37. The highest BCUT2D eigenvalue weighted by atomic mass is 16.3. The fraction of sp³-hybridized carbons (Fsp3) is 0.476. The summed E-state index contributed by atoms with van der Waals surface area (Å²) in [6.45, 7) is 10.7. The first-order valence-corrected chi connectivity index (χ1v) is 8.55. The van der Waals surface area contributed by atoms with Crippen molar-refractivity contribution in [1.29, 1.82) is 0 Å². The zero-order chi connectivity index (χ0) is 16.6. The quantitative estimate of drug-likeness (QED) is 0.657. The van der Waals surface area contributed by atoms with Gasteiger partial charge in [-0.1, -0.05) is 26.0 Å². The number of aryl methyl sites for hydroxylation is 1. The molecular weight excluding hydrogens is 284 g/mol. The Labute approximate surface area is 137 Å². The highest BCUT2D eigenvalue weighted by Crippen LogP contribution is 2.50. The van der Waals surface area contributed by atoms with Gasteiger partial charge in [0.1, 0.15) is 5.76 Å². The Bertz CT molecular complexity index is 834. The summed E-state index contributed by atoms with van der Waals surface area (Å²) in [6, 6.07) is 4.44. The van der Waals surface area contributed by atoms with Gasteiger partial charge in [0, 0.05) is 5.56 Å². The lowest BCUT2D eigenvalue weighted by Crippen LogP contribution is -2.37. The molecule has 0 N–H and O–H groups in total. The highest BCUT2D eigenvalue weighted by molar-refractivity contribution is 6.12. The van der Waals surface area contributed by atoms with E-state index in [9.17, 15) is 4.79 Å². The number of Topliss-reactive ketones (excluding diaryl/α,β-unsaturated/α-hetero) is 1. The fourth-order valence-electron chi connectivity index (χ4n) is 4.64. The van der Waals surface area contributed by atoms with Crippen LogP contribution in [0, 0.1) is 6.92 Å². The number of benzene rings is 1. The van der Waals surface area contributed by atoms with Crippen molar-refractivity contribution in [3.05, 3.63) is 46.2 Å². The maximum atomic E-state index is 13.2.